The minimum absolute atomic E-state index is 0.754. The van der Waals surface area contributed by atoms with Gasteiger partial charge in [0.1, 0.15) is 12.0 Å². The predicted molar refractivity (Wildman–Crippen MR) is 65.2 cm³/mol. The van der Waals surface area contributed by atoms with Gasteiger partial charge in [-0.2, -0.15) is 0 Å². The van der Waals surface area contributed by atoms with Gasteiger partial charge in [-0.15, -0.1) is 0 Å². The molecule has 3 heteroatoms. The maximum atomic E-state index is 4.87. The van der Waals surface area contributed by atoms with Crippen molar-refractivity contribution >= 4 is 0 Å². The summed E-state index contributed by atoms with van der Waals surface area (Å²) in [5, 5.41) is 3.94. The first kappa shape index (κ1) is 9.78. The zero-order valence-electron chi connectivity index (χ0n) is 9.08. The van der Waals surface area contributed by atoms with Crippen LogP contribution in [0.5, 0.6) is 0 Å². The molecule has 0 aliphatic carbocycles. The Balaban J connectivity index is 2.18. The van der Waals surface area contributed by atoms with E-state index in [0.29, 0.717) is 0 Å². The van der Waals surface area contributed by atoms with Gasteiger partial charge in [0, 0.05) is 17.8 Å². The molecule has 0 saturated carbocycles. The molecule has 0 amide bonds. The maximum absolute atomic E-state index is 4.87. The molecule has 1 aromatic carbocycles. The van der Waals surface area contributed by atoms with Crippen molar-refractivity contribution < 1.29 is 4.52 Å². The van der Waals surface area contributed by atoms with Gasteiger partial charge in [-0.3, -0.25) is 4.98 Å². The summed E-state index contributed by atoms with van der Waals surface area (Å²) in [6.45, 7) is 0. The molecule has 0 bridgehead atoms. The van der Waals surface area contributed by atoms with Crippen molar-refractivity contribution in [2.45, 2.75) is 0 Å². The second kappa shape index (κ2) is 4.22. The normalized spacial score (nSPS) is 10.4. The smallest absolute Gasteiger partial charge is 0.132 e. The SMILES string of the molecule is c1ccc(-c2cccnc2-c2ccon2)cc1. The molecule has 3 nitrogen and oxygen atoms in total. The van der Waals surface area contributed by atoms with E-state index in [1.807, 2.05) is 36.4 Å². The summed E-state index contributed by atoms with van der Waals surface area (Å²) < 4.78 is 4.87. The number of hydrogen-bond donors (Lipinski definition) is 0. The van der Waals surface area contributed by atoms with Crippen molar-refractivity contribution in [3.8, 4) is 22.5 Å². The predicted octanol–water partition coefficient (Wildman–Crippen LogP) is 3.40. The lowest BCUT2D eigenvalue weighted by atomic mass is 10.0. The minimum Gasteiger partial charge on any atom is -0.364 e. The van der Waals surface area contributed by atoms with Crippen LogP contribution in [0.25, 0.3) is 22.5 Å². The molecule has 0 aliphatic rings. The molecule has 0 unspecified atom stereocenters. The molecular weight excluding hydrogens is 212 g/mol. The fourth-order valence-electron chi connectivity index (χ4n) is 1.79. The first-order chi connectivity index (χ1) is 8.45. The van der Waals surface area contributed by atoms with E-state index in [9.17, 15) is 0 Å². The van der Waals surface area contributed by atoms with Crippen molar-refractivity contribution in [2.75, 3.05) is 0 Å². The lowest BCUT2D eigenvalue weighted by Gasteiger charge is -2.05. The zero-order valence-corrected chi connectivity index (χ0v) is 9.08. The molecule has 0 aliphatic heterocycles. The van der Waals surface area contributed by atoms with E-state index < -0.39 is 0 Å². The van der Waals surface area contributed by atoms with Crippen LogP contribution in [0.1, 0.15) is 0 Å². The molecule has 82 valence electrons. The third-order valence-electron chi connectivity index (χ3n) is 2.57. The van der Waals surface area contributed by atoms with Crippen molar-refractivity contribution in [1.29, 1.82) is 0 Å². The quantitative estimate of drug-likeness (QED) is 0.667. The lowest BCUT2D eigenvalue weighted by molar-refractivity contribution is 0.422. The molecular formula is C14H10N2O. The Bertz CT molecular complexity index is 603. The number of benzene rings is 1. The van der Waals surface area contributed by atoms with Crippen molar-refractivity contribution in [3.05, 3.63) is 61.0 Å². The summed E-state index contributed by atoms with van der Waals surface area (Å²) in [5.41, 5.74) is 3.78. The second-order valence-corrected chi connectivity index (χ2v) is 3.65. The Morgan fingerprint density at radius 1 is 0.882 bits per heavy atom. The van der Waals surface area contributed by atoms with Crippen molar-refractivity contribution in [3.63, 3.8) is 0 Å². The van der Waals surface area contributed by atoms with Crippen LogP contribution in [0.4, 0.5) is 0 Å². The van der Waals surface area contributed by atoms with Crippen LogP contribution >= 0.6 is 0 Å². The maximum Gasteiger partial charge on any atom is 0.132 e. The minimum atomic E-state index is 0.754. The van der Waals surface area contributed by atoms with Crippen LogP contribution in [-0.2, 0) is 0 Å². The van der Waals surface area contributed by atoms with Crippen LogP contribution in [0.3, 0.4) is 0 Å². The summed E-state index contributed by atoms with van der Waals surface area (Å²) in [5.74, 6) is 0. The molecule has 2 heterocycles. The molecule has 0 saturated heterocycles. The highest BCUT2D eigenvalue weighted by Gasteiger charge is 2.09. The van der Waals surface area contributed by atoms with Gasteiger partial charge in [-0.25, -0.2) is 0 Å². The summed E-state index contributed by atoms with van der Waals surface area (Å²) in [6, 6.07) is 15.9. The van der Waals surface area contributed by atoms with Gasteiger partial charge < -0.3 is 4.52 Å². The standard InChI is InChI=1S/C14H10N2O/c1-2-5-11(6-3-1)12-7-4-9-15-14(12)13-8-10-17-16-13/h1-10H. The second-order valence-electron chi connectivity index (χ2n) is 3.65. The van der Waals surface area contributed by atoms with Crippen molar-refractivity contribution in [1.82, 2.24) is 10.1 Å². The third kappa shape index (κ3) is 1.83. The monoisotopic (exact) mass is 222 g/mol. The van der Waals surface area contributed by atoms with Gasteiger partial charge in [-0.1, -0.05) is 41.6 Å². The molecule has 0 N–H and O–H groups in total. The molecule has 0 radical (unpaired) electrons. The Labute approximate surface area is 98.7 Å². The third-order valence-corrected chi connectivity index (χ3v) is 2.57. The molecule has 0 spiro atoms. The average Bonchev–Trinajstić information content (AvgIpc) is 2.94. The van der Waals surface area contributed by atoms with E-state index in [1.54, 1.807) is 12.5 Å². The van der Waals surface area contributed by atoms with E-state index in [1.165, 1.54) is 0 Å². The fourth-order valence-corrected chi connectivity index (χ4v) is 1.79. The Hall–Kier alpha value is -2.42. The number of rotatable bonds is 2. The largest absolute Gasteiger partial charge is 0.364 e. The number of hydrogen-bond acceptors (Lipinski definition) is 3. The van der Waals surface area contributed by atoms with Crippen LogP contribution in [-0.4, -0.2) is 10.1 Å². The fraction of sp³-hybridized carbons (Fsp3) is 0. The van der Waals surface area contributed by atoms with Crippen LogP contribution in [0.2, 0.25) is 0 Å². The molecule has 2 aromatic heterocycles. The molecule has 3 aromatic rings. The molecule has 0 atom stereocenters. The van der Waals surface area contributed by atoms with Crippen LogP contribution in [0.15, 0.2) is 65.5 Å². The Morgan fingerprint density at radius 3 is 2.53 bits per heavy atom. The topological polar surface area (TPSA) is 38.9 Å². The average molecular weight is 222 g/mol. The van der Waals surface area contributed by atoms with Crippen LogP contribution in [0, 0.1) is 0 Å². The van der Waals surface area contributed by atoms with Gasteiger partial charge in [0.25, 0.3) is 0 Å². The van der Waals surface area contributed by atoms with Gasteiger partial charge in [0.2, 0.25) is 0 Å². The van der Waals surface area contributed by atoms with E-state index >= 15 is 0 Å². The van der Waals surface area contributed by atoms with Gasteiger partial charge in [0.15, 0.2) is 0 Å². The summed E-state index contributed by atoms with van der Waals surface area (Å²) in [7, 11) is 0. The number of nitrogens with zero attached hydrogens (tertiary/aromatic N) is 2. The Kier molecular flexibility index (Phi) is 2.43. The first-order valence-corrected chi connectivity index (χ1v) is 5.36. The van der Waals surface area contributed by atoms with Gasteiger partial charge >= 0.3 is 0 Å². The number of aromatic nitrogens is 2. The summed E-state index contributed by atoms with van der Waals surface area (Å²) >= 11 is 0. The molecule has 0 fully saturated rings. The molecule has 3 rings (SSSR count). The summed E-state index contributed by atoms with van der Waals surface area (Å²) in [4.78, 5) is 4.38. The van der Waals surface area contributed by atoms with Crippen molar-refractivity contribution in [2.24, 2.45) is 0 Å². The number of pyridine rings is 1. The highest BCUT2D eigenvalue weighted by Crippen LogP contribution is 2.28. The van der Waals surface area contributed by atoms with E-state index in [-0.39, 0.29) is 0 Å². The Morgan fingerprint density at radius 2 is 1.76 bits per heavy atom. The molecule has 17 heavy (non-hydrogen) atoms. The first-order valence-electron chi connectivity index (χ1n) is 5.36. The van der Waals surface area contributed by atoms with Crippen LogP contribution < -0.4 is 0 Å². The van der Waals surface area contributed by atoms with Gasteiger partial charge in [-0.05, 0) is 11.6 Å². The van der Waals surface area contributed by atoms with E-state index in [2.05, 4.69) is 22.3 Å². The summed E-state index contributed by atoms with van der Waals surface area (Å²) in [6.07, 6.45) is 3.31. The van der Waals surface area contributed by atoms with E-state index in [0.717, 1.165) is 22.5 Å². The zero-order chi connectivity index (χ0) is 11.5. The highest BCUT2D eigenvalue weighted by atomic mass is 16.5. The highest BCUT2D eigenvalue weighted by molar-refractivity contribution is 5.78. The van der Waals surface area contributed by atoms with E-state index in [4.69, 9.17) is 4.52 Å². The lowest BCUT2D eigenvalue weighted by Crippen LogP contribution is -1.88. The van der Waals surface area contributed by atoms with Gasteiger partial charge in [0.05, 0.1) is 5.69 Å².